The Hall–Kier alpha value is -2.24. The highest BCUT2D eigenvalue weighted by Gasteiger charge is 2.30. The van der Waals surface area contributed by atoms with Crippen molar-refractivity contribution in [3.63, 3.8) is 0 Å². The number of thiophene rings is 1. The molecule has 5 heteroatoms. The lowest BCUT2D eigenvalue weighted by Crippen LogP contribution is -2.53. The normalized spacial score (nSPS) is 18.7. The van der Waals surface area contributed by atoms with E-state index in [1.807, 2.05) is 18.9 Å². The summed E-state index contributed by atoms with van der Waals surface area (Å²) in [6.07, 6.45) is 0. The predicted molar refractivity (Wildman–Crippen MR) is 107 cm³/mol. The second kappa shape index (κ2) is 6.82. The fraction of sp³-hybridized carbons (Fsp3) is 0.333. The largest absolute Gasteiger partial charge is 0.343 e. The Bertz CT molecular complexity index is 951. The van der Waals surface area contributed by atoms with Gasteiger partial charge in [0.1, 0.15) is 0 Å². The molecule has 1 atom stereocenters. The van der Waals surface area contributed by atoms with E-state index >= 15 is 0 Å². The van der Waals surface area contributed by atoms with Crippen molar-refractivity contribution in [1.82, 2.24) is 14.8 Å². The number of aromatic nitrogens is 1. The van der Waals surface area contributed by atoms with Crippen LogP contribution in [0.4, 0.5) is 0 Å². The number of nitrogens with zero attached hydrogens (tertiary/aromatic N) is 3. The first kappa shape index (κ1) is 17.2. The molecule has 3 aromatic rings. The van der Waals surface area contributed by atoms with E-state index in [-0.39, 0.29) is 11.9 Å². The van der Waals surface area contributed by atoms with Crippen LogP contribution in [0.25, 0.3) is 21.5 Å². The molecule has 4 rings (SSSR count). The monoisotopic (exact) mass is 365 g/mol. The van der Waals surface area contributed by atoms with Gasteiger partial charge in [0.2, 0.25) is 5.91 Å². The topological polar surface area (TPSA) is 36.4 Å². The number of pyridine rings is 1. The zero-order chi connectivity index (χ0) is 18.3. The van der Waals surface area contributed by atoms with Crippen molar-refractivity contribution in [3.05, 3.63) is 52.9 Å². The molecular formula is C21H23N3OS. The Kier molecular flexibility index (Phi) is 4.51. The van der Waals surface area contributed by atoms with Crippen molar-refractivity contribution < 1.29 is 4.79 Å². The Labute approximate surface area is 158 Å². The second-order valence-corrected chi connectivity index (χ2v) is 7.97. The van der Waals surface area contributed by atoms with E-state index < -0.39 is 0 Å². The number of amides is 1. The minimum absolute atomic E-state index is 0.0989. The van der Waals surface area contributed by atoms with Crippen molar-refractivity contribution in [2.24, 2.45) is 0 Å². The van der Waals surface area contributed by atoms with Gasteiger partial charge in [-0.2, -0.15) is 0 Å². The zero-order valence-corrected chi connectivity index (χ0v) is 16.2. The molecule has 0 spiro atoms. The third-order valence-corrected chi connectivity index (χ3v) is 6.14. The number of fused-ring (bicyclic) bond motifs is 1. The quantitative estimate of drug-likeness (QED) is 0.705. The second-order valence-electron chi connectivity index (χ2n) is 7.03. The van der Waals surface area contributed by atoms with Gasteiger partial charge in [0.15, 0.2) is 0 Å². The Balaban J connectivity index is 1.78. The molecule has 26 heavy (non-hydrogen) atoms. The Morgan fingerprint density at radius 3 is 2.85 bits per heavy atom. The molecular weight excluding hydrogens is 342 g/mol. The molecule has 0 radical (unpaired) electrons. The lowest BCUT2D eigenvalue weighted by Gasteiger charge is -2.37. The number of para-hydroxylation sites is 1. The number of benzene rings is 1. The van der Waals surface area contributed by atoms with E-state index in [4.69, 9.17) is 4.98 Å². The van der Waals surface area contributed by atoms with Gasteiger partial charge in [-0.05, 0) is 42.5 Å². The number of likely N-dealkylation sites (N-methyl/N-ethyl adjacent to an activating group) is 1. The van der Waals surface area contributed by atoms with E-state index in [0.29, 0.717) is 0 Å². The summed E-state index contributed by atoms with van der Waals surface area (Å²) in [5, 5.41) is 3.25. The fourth-order valence-electron chi connectivity index (χ4n) is 3.63. The van der Waals surface area contributed by atoms with E-state index in [2.05, 4.69) is 53.6 Å². The molecule has 1 saturated heterocycles. The molecule has 1 unspecified atom stereocenters. The average Bonchev–Trinajstić information content (AvgIpc) is 3.16. The molecule has 1 aromatic carbocycles. The number of aryl methyl sites for hydroxylation is 1. The average molecular weight is 366 g/mol. The first-order valence-electron chi connectivity index (χ1n) is 8.97. The summed E-state index contributed by atoms with van der Waals surface area (Å²) in [5.74, 6) is 0.193. The molecule has 2 aromatic heterocycles. The van der Waals surface area contributed by atoms with Crippen LogP contribution in [0.15, 0.2) is 41.8 Å². The highest BCUT2D eigenvalue weighted by atomic mass is 32.1. The Morgan fingerprint density at radius 1 is 1.23 bits per heavy atom. The maximum atomic E-state index is 12.4. The maximum absolute atomic E-state index is 12.4. The minimum Gasteiger partial charge on any atom is -0.343 e. The molecule has 0 saturated carbocycles. The van der Waals surface area contributed by atoms with E-state index in [1.165, 1.54) is 16.0 Å². The standard InChI is InChI=1S/C21H23N3OS/c1-14-6-4-7-16-12-17(13-24-10-9-23(3)21(25)15(24)2)20(22-19(14)16)18-8-5-11-26-18/h4-8,11-12,15H,9-10,13H2,1-3H3. The molecule has 1 amide bonds. The lowest BCUT2D eigenvalue weighted by molar-refractivity contribution is -0.139. The van der Waals surface area contributed by atoms with Crippen LogP contribution < -0.4 is 0 Å². The number of carbonyl (C=O) groups excluding carboxylic acids is 1. The van der Waals surface area contributed by atoms with Gasteiger partial charge >= 0.3 is 0 Å². The highest BCUT2D eigenvalue weighted by Crippen LogP contribution is 2.31. The van der Waals surface area contributed by atoms with Gasteiger partial charge in [0, 0.05) is 32.1 Å². The Morgan fingerprint density at radius 2 is 2.08 bits per heavy atom. The van der Waals surface area contributed by atoms with Crippen LogP contribution in [0.2, 0.25) is 0 Å². The van der Waals surface area contributed by atoms with Crippen LogP contribution in [0.3, 0.4) is 0 Å². The summed E-state index contributed by atoms with van der Waals surface area (Å²) < 4.78 is 0. The number of carbonyl (C=O) groups is 1. The lowest BCUT2D eigenvalue weighted by atomic mass is 10.0. The molecule has 1 aliphatic rings. The summed E-state index contributed by atoms with van der Waals surface area (Å²) >= 11 is 1.71. The number of piperazine rings is 1. The third-order valence-electron chi connectivity index (χ3n) is 5.26. The van der Waals surface area contributed by atoms with Gasteiger partial charge < -0.3 is 4.90 Å². The SMILES string of the molecule is Cc1cccc2cc(CN3CCN(C)C(=O)C3C)c(-c3cccs3)nc12. The first-order chi connectivity index (χ1) is 12.5. The molecule has 3 heterocycles. The smallest absolute Gasteiger partial charge is 0.239 e. The first-order valence-corrected chi connectivity index (χ1v) is 9.84. The van der Waals surface area contributed by atoms with Gasteiger partial charge in [0.25, 0.3) is 0 Å². The molecule has 1 fully saturated rings. The van der Waals surface area contributed by atoms with Crippen molar-refractivity contribution >= 4 is 28.1 Å². The summed E-state index contributed by atoms with van der Waals surface area (Å²) in [6.45, 7) is 6.51. The molecule has 4 nitrogen and oxygen atoms in total. The van der Waals surface area contributed by atoms with Gasteiger partial charge in [-0.3, -0.25) is 9.69 Å². The van der Waals surface area contributed by atoms with Crippen LogP contribution >= 0.6 is 11.3 Å². The summed E-state index contributed by atoms with van der Waals surface area (Å²) in [6, 6.07) is 12.6. The summed E-state index contributed by atoms with van der Waals surface area (Å²) in [4.78, 5) is 22.7. The van der Waals surface area contributed by atoms with E-state index in [0.717, 1.165) is 36.2 Å². The van der Waals surface area contributed by atoms with Crippen LogP contribution in [-0.2, 0) is 11.3 Å². The zero-order valence-electron chi connectivity index (χ0n) is 15.4. The van der Waals surface area contributed by atoms with Crippen LogP contribution in [0, 0.1) is 6.92 Å². The fourth-order valence-corrected chi connectivity index (χ4v) is 4.38. The van der Waals surface area contributed by atoms with E-state index in [9.17, 15) is 4.79 Å². The van der Waals surface area contributed by atoms with Gasteiger partial charge in [-0.25, -0.2) is 4.98 Å². The van der Waals surface area contributed by atoms with Crippen molar-refractivity contribution in [2.75, 3.05) is 20.1 Å². The van der Waals surface area contributed by atoms with Crippen LogP contribution in [-0.4, -0.2) is 46.9 Å². The molecule has 1 aliphatic heterocycles. The van der Waals surface area contributed by atoms with Gasteiger partial charge in [-0.1, -0.05) is 24.3 Å². The summed E-state index contributed by atoms with van der Waals surface area (Å²) in [5.41, 5.74) is 4.48. The van der Waals surface area contributed by atoms with Gasteiger partial charge in [0.05, 0.1) is 22.1 Å². The van der Waals surface area contributed by atoms with Crippen molar-refractivity contribution in [2.45, 2.75) is 26.4 Å². The van der Waals surface area contributed by atoms with Crippen molar-refractivity contribution in [3.8, 4) is 10.6 Å². The number of rotatable bonds is 3. The third kappa shape index (κ3) is 3.02. The predicted octanol–water partition coefficient (Wildman–Crippen LogP) is 3.93. The maximum Gasteiger partial charge on any atom is 0.239 e. The molecule has 0 bridgehead atoms. The van der Waals surface area contributed by atoms with Crippen molar-refractivity contribution in [1.29, 1.82) is 0 Å². The molecule has 134 valence electrons. The van der Waals surface area contributed by atoms with E-state index in [1.54, 1.807) is 11.3 Å². The van der Waals surface area contributed by atoms with Crippen LogP contribution in [0.5, 0.6) is 0 Å². The number of hydrogen-bond donors (Lipinski definition) is 0. The molecule has 0 N–H and O–H groups in total. The summed E-state index contributed by atoms with van der Waals surface area (Å²) in [7, 11) is 1.88. The highest BCUT2D eigenvalue weighted by molar-refractivity contribution is 7.13. The molecule has 0 aliphatic carbocycles. The minimum atomic E-state index is -0.0989. The number of hydrogen-bond acceptors (Lipinski definition) is 4. The van der Waals surface area contributed by atoms with Gasteiger partial charge in [-0.15, -0.1) is 11.3 Å². The van der Waals surface area contributed by atoms with Crippen LogP contribution in [0.1, 0.15) is 18.1 Å².